The van der Waals surface area contributed by atoms with Crippen molar-refractivity contribution in [3.8, 4) is 5.75 Å². The first kappa shape index (κ1) is 23.1. The molecule has 0 aliphatic heterocycles. The number of rotatable bonds is 8. The number of nitrogens with one attached hydrogen (secondary N) is 3. The number of furan rings is 1. The Bertz CT molecular complexity index is 708. The average molecular weight is 507 g/mol. The van der Waals surface area contributed by atoms with E-state index in [1.807, 2.05) is 19.1 Å². The summed E-state index contributed by atoms with van der Waals surface area (Å²) in [5.41, 5.74) is 0. The molecule has 1 atom stereocenters. The van der Waals surface area contributed by atoms with Crippen LogP contribution in [0.4, 0.5) is 0 Å². The molecule has 1 unspecified atom stereocenters. The Hall–Kier alpha value is -1.94. The van der Waals surface area contributed by atoms with E-state index in [2.05, 4.69) is 20.9 Å². The summed E-state index contributed by atoms with van der Waals surface area (Å²) in [6, 6.07) is 10.8. The fourth-order valence-electron chi connectivity index (χ4n) is 2.07. The van der Waals surface area contributed by atoms with Gasteiger partial charge in [0.25, 0.3) is 0 Å². The van der Waals surface area contributed by atoms with E-state index < -0.39 is 0 Å². The first-order chi connectivity index (χ1) is 12.6. The predicted molar refractivity (Wildman–Crippen MR) is 117 cm³/mol. The second kappa shape index (κ2) is 12.4. The van der Waals surface area contributed by atoms with Gasteiger partial charge in [-0.2, -0.15) is 0 Å². The van der Waals surface area contributed by atoms with Gasteiger partial charge in [0.15, 0.2) is 5.96 Å². The van der Waals surface area contributed by atoms with Crippen molar-refractivity contribution in [3.05, 3.63) is 53.4 Å². The zero-order valence-electron chi connectivity index (χ0n) is 15.2. The Morgan fingerprint density at radius 3 is 2.59 bits per heavy atom. The molecule has 1 aromatic carbocycles. The molecule has 1 amide bonds. The van der Waals surface area contributed by atoms with Gasteiger partial charge in [0.1, 0.15) is 17.6 Å². The Morgan fingerprint density at radius 2 is 1.96 bits per heavy atom. The molecule has 148 valence electrons. The lowest BCUT2D eigenvalue weighted by atomic mass is 10.3. The maximum Gasteiger partial charge on any atom is 0.239 e. The van der Waals surface area contributed by atoms with E-state index in [0.717, 1.165) is 5.75 Å². The molecule has 2 aromatic rings. The molecule has 0 aliphatic rings. The van der Waals surface area contributed by atoms with Gasteiger partial charge in [-0.15, -0.1) is 24.0 Å². The monoisotopic (exact) mass is 506 g/mol. The normalized spacial score (nSPS) is 11.9. The van der Waals surface area contributed by atoms with Gasteiger partial charge < -0.3 is 25.1 Å². The molecule has 7 nitrogen and oxygen atoms in total. The Kier molecular flexibility index (Phi) is 10.6. The number of hydrogen-bond acceptors (Lipinski definition) is 4. The summed E-state index contributed by atoms with van der Waals surface area (Å²) in [6.45, 7) is 2.92. The molecule has 0 radical (unpaired) electrons. The smallest absolute Gasteiger partial charge is 0.239 e. The molecule has 27 heavy (non-hydrogen) atoms. The number of amides is 1. The summed E-state index contributed by atoms with van der Waals surface area (Å²) in [5, 5.41) is 9.48. The molecule has 0 saturated carbocycles. The van der Waals surface area contributed by atoms with E-state index >= 15 is 0 Å². The highest BCUT2D eigenvalue weighted by Crippen LogP contribution is 2.16. The third-order valence-corrected chi connectivity index (χ3v) is 3.64. The standard InChI is InChI=1S/C18H23ClN4O3.HI/c1-13(26-15-7-5-14(19)6-8-15)10-22-18(20-2)23-12-17(24)21-11-16-4-3-9-25-16;/h3-9,13H,10-12H2,1-2H3,(H,21,24)(H2,20,22,23);1H. The number of nitrogens with zero attached hydrogens (tertiary/aromatic N) is 1. The van der Waals surface area contributed by atoms with Crippen LogP contribution in [0.2, 0.25) is 5.02 Å². The van der Waals surface area contributed by atoms with Crippen molar-refractivity contribution in [2.75, 3.05) is 20.1 Å². The van der Waals surface area contributed by atoms with Crippen LogP contribution in [0, 0.1) is 0 Å². The molecule has 9 heteroatoms. The molecule has 2 rings (SSSR count). The van der Waals surface area contributed by atoms with Crippen LogP contribution in [0.5, 0.6) is 5.75 Å². The van der Waals surface area contributed by atoms with Crippen LogP contribution in [0.1, 0.15) is 12.7 Å². The first-order valence-corrected chi connectivity index (χ1v) is 8.60. The van der Waals surface area contributed by atoms with Gasteiger partial charge >= 0.3 is 0 Å². The van der Waals surface area contributed by atoms with Crippen molar-refractivity contribution in [1.82, 2.24) is 16.0 Å². The first-order valence-electron chi connectivity index (χ1n) is 8.22. The van der Waals surface area contributed by atoms with Crippen LogP contribution in [-0.4, -0.2) is 38.1 Å². The molecule has 0 spiro atoms. The molecule has 0 saturated heterocycles. The van der Waals surface area contributed by atoms with Crippen LogP contribution in [0.3, 0.4) is 0 Å². The number of carbonyl (C=O) groups excluding carboxylic acids is 1. The fraction of sp³-hybridized carbons (Fsp3) is 0.333. The molecule has 0 bridgehead atoms. The second-order valence-corrected chi connectivity index (χ2v) is 5.98. The fourth-order valence-corrected chi connectivity index (χ4v) is 2.20. The third kappa shape index (κ3) is 9.00. The number of benzene rings is 1. The van der Waals surface area contributed by atoms with Crippen molar-refractivity contribution < 1.29 is 13.9 Å². The van der Waals surface area contributed by atoms with E-state index in [0.29, 0.717) is 29.8 Å². The highest BCUT2D eigenvalue weighted by molar-refractivity contribution is 14.0. The molecule has 1 aromatic heterocycles. The average Bonchev–Trinajstić information content (AvgIpc) is 3.15. The van der Waals surface area contributed by atoms with Crippen LogP contribution in [-0.2, 0) is 11.3 Å². The quantitative estimate of drug-likeness (QED) is 0.291. The van der Waals surface area contributed by atoms with Crippen molar-refractivity contribution in [3.63, 3.8) is 0 Å². The van der Waals surface area contributed by atoms with Crippen LogP contribution in [0.25, 0.3) is 0 Å². The van der Waals surface area contributed by atoms with E-state index in [1.165, 1.54) is 0 Å². The lowest BCUT2D eigenvalue weighted by Crippen LogP contribution is -2.45. The van der Waals surface area contributed by atoms with E-state index in [4.69, 9.17) is 20.8 Å². The molecule has 0 fully saturated rings. The van der Waals surface area contributed by atoms with E-state index in [1.54, 1.807) is 37.6 Å². The summed E-state index contributed by atoms with van der Waals surface area (Å²) in [6.07, 6.45) is 1.47. The number of halogens is 2. The number of guanidine groups is 1. The number of hydrogen-bond donors (Lipinski definition) is 3. The zero-order valence-corrected chi connectivity index (χ0v) is 18.3. The summed E-state index contributed by atoms with van der Waals surface area (Å²) >= 11 is 5.85. The topological polar surface area (TPSA) is 87.9 Å². The largest absolute Gasteiger partial charge is 0.489 e. The van der Waals surface area contributed by atoms with Crippen molar-refractivity contribution in [2.45, 2.75) is 19.6 Å². The summed E-state index contributed by atoms with van der Waals surface area (Å²) in [7, 11) is 1.64. The van der Waals surface area contributed by atoms with Gasteiger partial charge in [-0.25, -0.2) is 0 Å². The van der Waals surface area contributed by atoms with Gasteiger partial charge in [0.05, 0.1) is 25.9 Å². The van der Waals surface area contributed by atoms with Crippen LogP contribution < -0.4 is 20.7 Å². The minimum absolute atomic E-state index is 0. The lowest BCUT2D eigenvalue weighted by Gasteiger charge is -2.17. The molecule has 1 heterocycles. The van der Waals surface area contributed by atoms with Gasteiger partial charge in [-0.05, 0) is 43.3 Å². The Balaban J connectivity index is 0.00000364. The lowest BCUT2D eigenvalue weighted by molar-refractivity contribution is -0.120. The van der Waals surface area contributed by atoms with Crippen LogP contribution >= 0.6 is 35.6 Å². The second-order valence-electron chi connectivity index (χ2n) is 5.55. The van der Waals surface area contributed by atoms with Gasteiger partial charge in [-0.1, -0.05) is 11.6 Å². The summed E-state index contributed by atoms with van der Waals surface area (Å²) in [5.74, 6) is 1.80. The minimum atomic E-state index is -0.158. The Labute approximate surface area is 180 Å². The summed E-state index contributed by atoms with van der Waals surface area (Å²) in [4.78, 5) is 15.9. The minimum Gasteiger partial charge on any atom is -0.489 e. The highest BCUT2D eigenvalue weighted by Gasteiger charge is 2.08. The van der Waals surface area contributed by atoms with E-state index in [-0.39, 0.29) is 42.5 Å². The van der Waals surface area contributed by atoms with Gasteiger partial charge in [-0.3, -0.25) is 9.79 Å². The van der Waals surface area contributed by atoms with Crippen molar-refractivity contribution in [2.24, 2.45) is 4.99 Å². The van der Waals surface area contributed by atoms with Gasteiger partial charge in [0, 0.05) is 12.1 Å². The molecule has 3 N–H and O–H groups in total. The number of ether oxygens (including phenoxy) is 1. The van der Waals surface area contributed by atoms with Crippen LogP contribution in [0.15, 0.2) is 52.1 Å². The maximum absolute atomic E-state index is 11.8. The summed E-state index contributed by atoms with van der Waals surface area (Å²) < 4.78 is 10.9. The number of carbonyl (C=O) groups is 1. The van der Waals surface area contributed by atoms with E-state index in [9.17, 15) is 4.79 Å². The SMILES string of the molecule is CN=C(NCC(=O)NCc1ccco1)NCC(C)Oc1ccc(Cl)cc1.I. The third-order valence-electron chi connectivity index (χ3n) is 3.39. The molecule has 0 aliphatic carbocycles. The highest BCUT2D eigenvalue weighted by atomic mass is 127. The zero-order chi connectivity index (χ0) is 18.8. The predicted octanol–water partition coefficient (Wildman–Crippen LogP) is 2.80. The van der Waals surface area contributed by atoms with Crippen molar-refractivity contribution in [1.29, 1.82) is 0 Å². The van der Waals surface area contributed by atoms with Gasteiger partial charge in [0.2, 0.25) is 5.91 Å². The Morgan fingerprint density at radius 1 is 1.22 bits per heavy atom. The molecular weight excluding hydrogens is 483 g/mol. The maximum atomic E-state index is 11.8. The van der Waals surface area contributed by atoms with Crippen molar-refractivity contribution >= 4 is 47.4 Å². The number of aliphatic imine (C=N–C) groups is 1. The molecular formula is C18H24ClIN4O3.